The van der Waals surface area contributed by atoms with Crippen molar-refractivity contribution < 1.29 is 19.6 Å². The lowest BCUT2D eigenvalue weighted by atomic mass is 9.95. The molecule has 1 aliphatic rings. The highest BCUT2D eigenvalue weighted by atomic mass is 16.6. The summed E-state index contributed by atoms with van der Waals surface area (Å²) in [5.41, 5.74) is 0.818. The van der Waals surface area contributed by atoms with Crippen molar-refractivity contribution in [1.29, 1.82) is 0 Å². The summed E-state index contributed by atoms with van der Waals surface area (Å²) < 4.78 is 0. The Labute approximate surface area is 180 Å². The van der Waals surface area contributed by atoms with Crippen LogP contribution in [0.5, 0.6) is 0 Å². The molecule has 0 bridgehead atoms. The Bertz CT molecular complexity index is 998. The number of non-ortho nitro benzene ring substituents is 1. The molecule has 2 aromatic carbocycles. The number of amides is 1. The summed E-state index contributed by atoms with van der Waals surface area (Å²) in [6.07, 6.45) is 0. The number of aliphatic hydroxyl groups is 1. The Hall–Kier alpha value is -3.52. The van der Waals surface area contributed by atoms with Gasteiger partial charge in [-0.25, -0.2) is 0 Å². The van der Waals surface area contributed by atoms with Crippen LogP contribution in [-0.4, -0.2) is 57.7 Å². The highest BCUT2D eigenvalue weighted by Gasteiger charge is 2.45. The molecule has 2 aromatic rings. The largest absolute Gasteiger partial charge is 0.507 e. The number of nitro benzene ring substituents is 1. The van der Waals surface area contributed by atoms with E-state index >= 15 is 0 Å². The minimum absolute atomic E-state index is 0.00963. The van der Waals surface area contributed by atoms with Gasteiger partial charge < -0.3 is 14.9 Å². The maximum atomic E-state index is 12.9. The molecule has 31 heavy (non-hydrogen) atoms. The summed E-state index contributed by atoms with van der Waals surface area (Å²) in [5, 5.41) is 21.9. The fourth-order valence-corrected chi connectivity index (χ4v) is 3.78. The summed E-state index contributed by atoms with van der Waals surface area (Å²) >= 11 is 0. The summed E-state index contributed by atoms with van der Waals surface area (Å²) in [6.45, 7) is 6.63. The van der Waals surface area contributed by atoms with Gasteiger partial charge >= 0.3 is 0 Å². The van der Waals surface area contributed by atoms with Gasteiger partial charge in [0, 0.05) is 30.8 Å². The number of nitro groups is 1. The van der Waals surface area contributed by atoms with Gasteiger partial charge in [-0.2, -0.15) is 0 Å². The average Bonchev–Trinajstić information content (AvgIpc) is 3.05. The zero-order valence-corrected chi connectivity index (χ0v) is 17.5. The van der Waals surface area contributed by atoms with E-state index in [2.05, 4.69) is 4.90 Å². The van der Waals surface area contributed by atoms with Crippen LogP contribution >= 0.6 is 0 Å². The van der Waals surface area contributed by atoms with E-state index in [4.69, 9.17) is 0 Å². The van der Waals surface area contributed by atoms with Crippen molar-refractivity contribution in [1.82, 2.24) is 9.80 Å². The van der Waals surface area contributed by atoms with Crippen LogP contribution in [0, 0.1) is 10.1 Å². The molecule has 0 radical (unpaired) electrons. The SMILES string of the molecule is CCN(CC)CCN1C(=O)C(=O)C(=C(O)c2ccc([N+](=O)[O-])cc2)[C@H]1c1ccccc1. The smallest absolute Gasteiger partial charge is 0.295 e. The van der Waals surface area contributed by atoms with E-state index in [9.17, 15) is 24.8 Å². The number of ketones is 1. The molecule has 0 aromatic heterocycles. The van der Waals surface area contributed by atoms with Crippen LogP contribution in [0.1, 0.15) is 31.0 Å². The van der Waals surface area contributed by atoms with Crippen LogP contribution < -0.4 is 0 Å². The molecule has 1 N–H and O–H groups in total. The zero-order valence-electron chi connectivity index (χ0n) is 17.5. The minimum atomic E-state index is -0.760. The van der Waals surface area contributed by atoms with Crippen LogP contribution in [0.3, 0.4) is 0 Å². The van der Waals surface area contributed by atoms with Crippen molar-refractivity contribution in [3.05, 3.63) is 81.4 Å². The second kappa shape index (κ2) is 9.53. The monoisotopic (exact) mass is 423 g/mol. The van der Waals surface area contributed by atoms with Gasteiger partial charge in [0.25, 0.3) is 17.4 Å². The van der Waals surface area contributed by atoms with Gasteiger partial charge in [0.05, 0.1) is 16.5 Å². The van der Waals surface area contributed by atoms with Gasteiger partial charge in [0.15, 0.2) is 0 Å². The van der Waals surface area contributed by atoms with Crippen molar-refractivity contribution in [2.45, 2.75) is 19.9 Å². The molecular weight excluding hydrogens is 398 g/mol. The van der Waals surface area contributed by atoms with Crippen LogP contribution in [0.2, 0.25) is 0 Å². The number of hydrogen-bond donors (Lipinski definition) is 1. The average molecular weight is 423 g/mol. The lowest BCUT2D eigenvalue weighted by molar-refractivity contribution is -0.384. The minimum Gasteiger partial charge on any atom is -0.507 e. The van der Waals surface area contributed by atoms with E-state index < -0.39 is 22.7 Å². The number of nitrogens with zero attached hydrogens (tertiary/aromatic N) is 3. The van der Waals surface area contributed by atoms with E-state index in [1.807, 2.05) is 44.2 Å². The first kappa shape index (κ1) is 22.2. The molecule has 1 aliphatic heterocycles. The number of rotatable bonds is 8. The number of benzene rings is 2. The highest BCUT2D eigenvalue weighted by Crippen LogP contribution is 2.39. The maximum Gasteiger partial charge on any atom is 0.295 e. The standard InChI is InChI=1S/C23H25N3O5/c1-3-24(4-2)14-15-25-20(16-8-6-5-7-9-16)19(22(28)23(25)29)21(27)17-10-12-18(13-11-17)26(30)31/h5-13,20,27H,3-4,14-15H2,1-2H3/t20-/m1/s1. The second-order valence-corrected chi connectivity index (χ2v) is 7.23. The van der Waals surface area contributed by atoms with E-state index in [1.165, 1.54) is 29.2 Å². The van der Waals surface area contributed by atoms with Gasteiger partial charge in [-0.3, -0.25) is 19.7 Å². The van der Waals surface area contributed by atoms with Gasteiger partial charge in [-0.15, -0.1) is 0 Å². The fraction of sp³-hybridized carbons (Fsp3) is 0.304. The summed E-state index contributed by atoms with van der Waals surface area (Å²) in [7, 11) is 0. The number of Topliss-reactive ketones (excluding diaryl/α,β-unsaturated/α-hetero) is 1. The van der Waals surface area contributed by atoms with Crippen molar-refractivity contribution in [3.63, 3.8) is 0 Å². The topological polar surface area (TPSA) is 104 Å². The molecule has 1 fully saturated rings. The molecular formula is C23H25N3O5. The highest BCUT2D eigenvalue weighted by molar-refractivity contribution is 6.46. The first-order valence-corrected chi connectivity index (χ1v) is 10.2. The van der Waals surface area contributed by atoms with E-state index in [0.717, 1.165) is 13.1 Å². The molecule has 1 saturated heterocycles. The third kappa shape index (κ3) is 4.49. The summed E-state index contributed by atoms with van der Waals surface area (Å²) in [5.74, 6) is -1.76. The third-order valence-electron chi connectivity index (χ3n) is 5.56. The van der Waals surface area contributed by atoms with Gasteiger partial charge in [-0.05, 0) is 30.8 Å². The number of hydrogen-bond acceptors (Lipinski definition) is 6. The lowest BCUT2D eigenvalue weighted by Crippen LogP contribution is -2.38. The zero-order chi connectivity index (χ0) is 22.5. The summed E-state index contributed by atoms with van der Waals surface area (Å²) in [4.78, 5) is 39.8. The van der Waals surface area contributed by atoms with E-state index in [1.54, 1.807) is 0 Å². The second-order valence-electron chi connectivity index (χ2n) is 7.23. The molecule has 8 nitrogen and oxygen atoms in total. The molecule has 1 atom stereocenters. The van der Waals surface area contributed by atoms with Crippen molar-refractivity contribution in [3.8, 4) is 0 Å². The number of carbonyl (C=O) groups excluding carboxylic acids is 2. The lowest BCUT2D eigenvalue weighted by Gasteiger charge is -2.28. The van der Waals surface area contributed by atoms with E-state index in [-0.39, 0.29) is 22.6 Å². The number of carbonyl (C=O) groups is 2. The molecule has 3 rings (SSSR count). The predicted molar refractivity (Wildman–Crippen MR) is 116 cm³/mol. The van der Waals surface area contributed by atoms with Crippen molar-refractivity contribution >= 4 is 23.1 Å². The van der Waals surface area contributed by atoms with Crippen molar-refractivity contribution in [2.75, 3.05) is 26.2 Å². The third-order valence-corrected chi connectivity index (χ3v) is 5.56. The predicted octanol–water partition coefficient (Wildman–Crippen LogP) is 3.36. The molecule has 8 heteroatoms. The molecule has 1 amide bonds. The maximum absolute atomic E-state index is 12.9. The van der Waals surface area contributed by atoms with Crippen LogP contribution in [0.15, 0.2) is 60.2 Å². The normalized spacial score (nSPS) is 18.0. The van der Waals surface area contributed by atoms with Crippen LogP contribution in [-0.2, 0) is 9.59 Å². The van der Waals surface area contributed by atoms with Gasteiger partial charge in [-0.1, -0.05) is 44.2 Å². The molecule has 162 valence electrons. The Morgan fingerprint density at radius 3 is 2.23 bits per heavy atom. The molecule has 1 heterocycles. The first-order chi connectivity index (χ1) is 14.9. The van der Waals surface area contributed by atoms with Crippen LogP contribution in [0.25, 0.3) is 5.76 Å². The van der Waals surface area contributed by atoms with Crippen LogP contribution in [0.4, 0.5) is 5.69 Å². The number of likely N-dealkylation sites (tertiary alicyclic amines) is 1. The van der Waals surface area contributed by atoms with E-state index in [0.29, 0.717) is 18.7 Å². The Kier molecular flexibility index (Phi) is 6.81. The first-order valence-electron chi connectivity index (χ1n) is 10.2. The molecule has 0 saturated carbocycles. The molecule has 0 spiro atoms. The summed E-state index contributed by atoms with van der Waals surface area (Å²) in [6, 6.07) is 13.6. The quantitative estimate of drug-likeness (QED) is 0.230. The number of likely N-dealkylation sites (N-methyl/N-ethyl adjacent to an activating group) is 1. The Balaban J connectivity index is 2.06. The fourth-order valence-electron chi connectivity index (χ4n) is 3.78. The Morgan fingerprint density at radius 2 is 1.68 bits per heavy atom. The Morgan fingerprint density at radius 1 is 1.06 bits per heavy atom. The number of aliphatic hydroxyl groups excluding tert-OH is 1. The molecule has 0 unspecified atom stereocenters. The molecule has 0 aliphatic carbocycles. The van der Waals surface area contributed by atoms with Gasteiger partial charge in [0.2, 0.25) is 0 Å². The van der Waals surface area contributed by atoms with Crippen molar-refractivity contribution in [2.24, 2.45) is 0 Å². The van der Waals surface area contributed by atoms with Gasteiger partial charge in [0.1, 0.15) is 5.76 Å².